The number of hydrogen-bond donors (Lipinski definition) is 1. The highest BCUT2D eigenvalue weighted by atomic mass is 127. The second-order valence-corrected chi connectivity index (χ2v) is 8.85. The molecule has 0 spiro atoms. The molecule has 0 saturated carbocycles. The minimum absolute atomic E-state index is 0.349. The number of nitrogens with zero attached hydrogens (tertiary/aromatic N) is 5. The van der Waals surface area contributed by atoms with E-state index in [2.05, 4.69) is 66.7 Å². The predicted molar refractivity (Wildman–Crippen MR) is 138 cm³/mol. The molecule has 166 valence electrons. The topological polar surface area (TPSA) is 65.9 Å². The average Bonchev–Trinajstić information content (AvgIpc) is 2.81. The Hall–Kier alpha value is -2.88. The van der Waals surface area contributed by atoms with Gasteiger partial charge in [-0.3, -0.25) is 5.43 Å². The Balaban J connectivity index is 1.45. The molecule has 0 bridgehead atoms. The zero-order valence-corrected chi connectivity index (χ0v) is 20.1. The number of anilines is 2. The molecule has 0 amide bonds. The van der Waals surface area contributed by atoms with Crippen LogP contribution in [0, 0.1) is 3.57 Å². The van der Waals surface area contributed by atoms with E-state index in [0.717, 1.165) is 30.2 Å². The van der Waals surface area contributed by atoms with Crippen LogP contribution in [0.4, 0.5) is 11.6 Å². The monoisotopic (exact) mass is 542 g/mol. The van der Waals surface area contributed by atoms with Crippen LogP contribution in [0.15, 0.2) is 72.1 Å². The molecular formula is C24H27IN6O. The summed E-state index contributed by atoms with van der Waals surface area (Å²) in [7, 11) is 0. The van der Waals surface area contributed by atoms with Gasteiger partial charge in [0.15, 0.2) is 5.82 Å². The molecule has 32 heavy (non-hydrogen) atoms. The maximum atomic E-state index is 5.93. The molecule has 0 atom stereocenters. The van der Waals surface area contributed by atoms with Crippen molar-refractivity contribution >= 4 is 40.4 Å². The number of halogens is 1. The third kappa shape index (κ3) is 6.32. The van der Waals surface area contributed by atoms with E-state index >= 15 is 0 Å². The van der Waals surface area contributed by atoms with Crippen molar-refractivity contribution in [1.29, 1.82) is 0 Å². The van der Waals surface area contributed by atoms with E-state index in [4.69, 9.17) is 4.74 Å². The number of aromatic nitrogens is 2. The van der Waals surface area contributed by atoms with Crippen LogP contribution >= 0.6 is 22.6 Å². The lowest BCUT2D eigenvalue weighted by molar-refractivity contribution is 0.260. The van der Waals surface area contributed by atoms with Crippen LogP contribution in [-0.4, -0.2) is 47.3 Å². The third-order valence-electron chi connectivity index (χ3n) is 5.21. The average molecular weight is 542 g/mol. The van der Waals surface area contributed by atoms with Crippen molar-refractivity contribution in [2.45, 2.75) is 19.3 Å². The van der Waals surface area contributed by atoms with E-state index in [1.807, 2.05) is 47.5 Å². The van der Waals surface area contributed by atoms with Crippen molar-refractivity contribution in [2.75, 3.05) is 36.6 Å². The van der Waals surface area contributed by atoms with E-state index in [1.165, 1.54) is 22.8 Å². The molecule has 4 rings (SSSR count). The molecule has 1 N–H and O–H groups in total. The molecule has 2 aliphatic heterocycles. The van der Waals surface area contributed by atoms with Gasteiger partial charge < -0.3 is 14.5 Å². The molecule has 1 aromatic heterocycles. The number of ether oxygens (including phenoxy) is 1. The molecule has 1 fully saturated rings. The van der Waals surface area contributed by atoms with Gasteiger partial charge in [-0.15, -0.1) is 0 Å². The quantitative estimate of drug-likeness (QED) is 0.294. The first-order valence-corrected chi connectivity index (χ1v) is 11.9. The molecule has 2 aromatic rings. The van der Waals surface area contributed by atoms with Crippen LogP contribution in [0.1, 0.15) is 24.8 Å². The van der Waals surface area contributed by atoms with Gasteiger partial charge in [0, 0.05) is 34.6 Å². The van der Waals surface area contributed by atoms with Gasteiger partial charge >= 0.3 is 6.01 Å². The number of hydrogen-bond acceptors (Lipinski definition) is 7. The Morgan fingerprint density at radius 3 is 2.84 bits per heavy atom. The first kappa shape index (κ1) is 22.3. The summed E-state index contributed by atoms with van der Waals surface area (Å²) in [6.07, 6.45) is 13.3. The van der Waals surface area contributed by atoms with Gasteiger partial charge in [-0.05, 0) is 71.7 Å². The van der Waals surface area contributed by atoms with Crippen LogP contribution in [0.2, 0.25) is 0 Å². The zero-order chi connectivity index (χ0) is 22.2. The van der Waals surface area contributed by atoms with Crippen molar-refractivity contribution in [3.8, 4) is 6.01 Å². The Labute approximate surface area is 202 Å². The maximum absolute atomic E-state index is 5.93. The zero-order valence-electron chi connectivity index (χ0n) is 18.0. The number of rotatable bonds is 8. The summed E-state index contributed by atoms with van der Waals surface area (Å²) in [5, 5.41) is 4.36. The summed E-state index contributed by atoms with van der Waals surface area (Å²) in [5.74, 6) is 1.48. The van der Waals surface area contributed by atoms with E-state index < -0.39 is 0 Å². The minimum Gasteiger partial charge on any atom is -0.461 e. The van der Waals surface area contributed by atoms with Crippen LogP contribution in [-0.2, 0) is 0 Å². The number of piperidine rings is 1. The highest BCUT2D eigenvalue weighted by molar-refractivity contribution is 14.1. The normalized spacial score (nSPS) is 16.1. The fourth-order valence-corrected chi connectivity index (χ4v) is 4.11. The lowest BCUT2D eigenvalue weighted by Gasteiger charge is -2.28. The molecular weight excluding hydrogens is 515 g/mol. The van der Waals surface area contributed by atoms with Crippen molar-refractivity contribution in [2.24, 2.45) is 5.10 Å². The lowest BCUT2D eigenvalue weighted by atomic mass is 10.1. The molecule has 8 heteroatoms. The number of hydrazone groups is 1. The van der Waals surface area contributed by atoms with E-state index in [0.29, 0.717) is 25.0 Å². The number of nitrogens with one attached hydrogen (secondary N) is 1. The highest BCUT2D eigenvalue weighted by Crippen LogP contribution is 2.23. The molecule has 0 unspecified atom stereocenters. The number of benzene rings is 1. The Kier molecular flexibility index (Phi) is 7.76. The summed E-state index contributed by atoms with van der Waals surface area (Å²) in [5.41, 5.74) is 5.00. The van der Waals surface area contributed by atoms with Crippen molar-refractivity contribution in [3.63, 3.8) is 0 Å². The Bertz CT molecular complexity index is 1030. The van der Waals surface area contributed by atoms with E-state index in [9.17, 15) is 0 Å². The molecule has 2 aliphatic rings. The molecule has 0 aliphatic carbocycles. The SMILES string of the molecule is C=C1C=CC=CN1CCOc1nc(N/N=C/c2cccc(I)c2)cc(N2CCCCC2)n1. The molecule has 0 radical (unpaired) electrons. The second kappa shape index (κ2) is 11.1. The molecule has 3 heterocycles. The lowest BCUT2D eigenvalue weighted by Crippen LogP contribution is -2.30. The van der Waals surface area contributed by atoms with E-state index in [-0.39, 0.29) is 0 Å². The predicted octanol–water partition coefficient (Wildman–Crippen LogP) is 4.80. The smallest absolute Gasteiger partial charge is 0.320 e. The van der Waals surface area contributed by atoms with E-state index in [1.54, 1.807) is 6.21 Å². The van der Waals surface area contributed by atoms with Gasteiger partial charge in [0.2, 0.25) is 0 Å². The van der Waals surface area contributed by atoms with Gasteiger partial charge in [0.1, 0.15) is 12.4 Å². The van der Waals surface area contributed by atoms with Crippen molar-refractivity contribution in [1.82, 2.24) is 14.9 Å². The molecule has 1 aromatic carbocycles. The standard InChI is InChI=1S/C24H27IN6O/c1-19-8-3-6-11-30(19)14-15-32-24-27-22(17-23(28-24)31-12-4-2-5-13-31)29-26-18-20-9-7-10-21(25)16-20/h3,6-11,16-18H,1-2,4-5,12-15H2,(H,27,28,29)/b26-18+. The largest absolute Gasteiger partial charge is 0.461 e. The van der Waals surface area contributed by atoms with Crippen LogP contribution in [0.5, 0.6) is 6.01 Å². The second-order valence-electron chi connectivity index (χ2n) is 7.60. The summed E-state index contributed by atoms with van der Waals surface area (Å²) >= 11 is 2.29. The van der Waals surface area contributed by atoms with Crippen LogP contribution in [0.3, 0.4) is 0 Å². The van der Waals surface area contributed by atoms with Gasteiger partial charge in [0.25, 0.3) is 0 Å². The molecule has 7 nitrogen and oxygen atoms in total. The maximum Gasteiger partial charge on any atom is 0.320 e. The highest BCUT2D eigenvalue weighted by Gasteiger charge is 2.15. The van der Waals surface area contributed by atoms with Crippen molar-refractivity contribution < 1.29 is 4.74 Å². The summed E-state index contributed by atoms with van der Waals surface area (Å²) in [6.45, 7) is 7.15. The van der Waals surface area contributed by atoms with Gasteiger partial charge in [0.05, 0.1) is 12.8 Å². The molecule has 1 saturated heterocycles. The van der Waals surface area contributed by atoms with Crippen molar-refractivity contribution in [3.05, 3.63) is 76.2 Å². The van der Waals surface area contributed by atoms with Crippen LogP contribution in [0.25, 0.3) is 0 Å². The fraction of sp³-hybridized carbons (Fsp3) is 0.292. The Morgan fingerprint density at radius 1 is 1.16 bits per heavy atom. The third-order valence-corrected chi connectivity index (χ3v) is 5.88. The summed E-state index contributed by atoms with van der Waals surface area (Å²) in [4.78, 5) is 13.5. The summed E-state index contributed by atoms with van der Waals surface area (Å²) in [6, 6.07) is 10.4. The van der Waals surface area contributed by atoms with Crippen LogP contribution < -0.4 is 15.1 Å². The summed E-state index contributed by atoms with van der Waals surface area (Å²) < 4.78 is 7.09. The Morgan fingerprint density at radius 2 is 2.03 bits per heavy atom. The van der Waals surface area contributed by atoms with Gasteiger partial charge in [-0.2, -0.15) is 15.1 Å². The minimum atomic E-state index is 0.349. The van der Waals surface area contributed by atoms with Gasteiger partial charge in [-0.25, -0.2) is 0 Å². The van der Waals surface area contributed by atoms with Gasteiger partial charge in [-0.1, -0.05) is 24.8 Å². The first-order valence-electron chi connectivity index (χ1n) is 10.8. The first-order chi connectivity index (χ1) is 15.7. The number of allylic oxidation sites excluding steroid dienone is 3. The fourth-order valence-electron chi connectivity index (χ4n) is 3.54.